The number of carbonyl (C=O) groups is 1. The number of hydrogen-bond acceptors (Lipinski definition) is 2. The number of likely N-dealkylation sites (tertiary alicyclic amines) is 1. The molecule has 0 atom stereocenters. The molecule has 1 heterocycles. The molecule has 98 valence electrons. The van der Waals surface area contributed by atoms with Crippen LogP contribution in [0.3, 0.4) is 0 Å². The Kier molecular flexibility index (Phi) is 4.07. The minimum atomic E-state index is 0.121. The predicted octanol–water partition coefficient (Wildman–Crippen LogP) is 2.34. The second kappa shape index (κ2) is 5.76. The molecule has 0 aliphatic carbocycles. The van der Waals surface area contributed by atoms with Crippen LogP contribution >= 0.6 is 0 Å². The number of urea groups is 1. The first-order valence-corrected chi connectivity index (χ1v) is 6.33. The van der Waals surface area contributed by atoms with Crippen LogP contribution in [0.15, 0.2) is 24.3 Å². The number of rotatable bonds is 3. The maximum atomic E-state index is 12.1. The van der Waals surface area contributed by atoms with E-state index in [9.17, 15) is 4.79 Å². The standard InChI is InChI=1S/C14H20N2O2/c1-15(14(17)16-8-3-4-9-16)11-12-6-5-7-13(10-12)18-2/h5-7,10H,3-4,8-9,11H2,1-2H3. The third-order valence-electron chi connectivity index (χ3n) is 3.26. The molecule has 18 heavy (non-hydrogen) atoms. The Labute approximate surface area is 108 Å². The van der Waals surface area contributed by atoms with Gasteiger partial charge in [0.25, 0.3) is 0 Å². The summed E-state index contributed by atoms with van der Waals surface area (Å²) in [4.78, 5) is 15.8. The van der Waals surface area contributed by atoms with Crippen molar-refractivity contribution < 1.29 is 9.53 Å². The molecule has 0 aromatic heterocycles. The fourth-order valence-corrected chi connectivity index (χ4v) is 2.26. The minimum Gasteiger partial charge on any atom is -0.497 e. The smallest absolute Gasteiger partial charge is 0.320 e. The summed E-state index contributed by atoms with van der Waals surface area (Å²) in [6.45, 7) is 2.40. The van der Waals surface area contributed by atoms with Gasteiger partial charge in [0.15, 0.2) is 0 Å². The number of nitrogens with zero attached hydrogens (tertiary/aromatic N) is 2. The summed E-state index contributed by atoms with van der Waals surface area (Å²) >= 11 is 0. The number of benzene rings is 1. The first-order chi connectivity index (χ1) is 8.70. The topological polar surface area (TPSA) is 32.8 Å². The zero-order valence-corrected chi connectivity index (χ0v) is 11.1. The van der Waals surface area contributed by atoms with Gasteiger partial charge in [-0.05, 0) is 30.5 Å². The van der Waals surface area contributed by atoms with Crippen LogP contribution in [-0.2, 0) is 6.54 Å². The zero-order valence-electron chi connectivity index (χ0n) is 11.1. The largest absolute Gasteiger partial charge is 0.497 e. The Balaban J connectivity index is 1.97. The Morgan fingerprint density at radius 1 is 1.39 bits per heavy atom. The van der Waals surface area contributed by atoms with Crippen LogP contribution in [0.5, 0.6) is 5.75 Å². The van der Waals surface area contributed by atoms with Crippen molar-refractivity contribution in [1.82, 2.24) is 9.80 Å². The van der Waals surface area contributed by atoms with Crippen molar-refractivity contribution in [3.8, 4) is 5.75 Å². The second-order valence-corrected chi connectivity index (χ2v) is 4.68. The van der Waals surface area contributed by atoms with Crippen molar-refractivity contribution in [3.63, 3.8) is 0 Å². The summed E-state index contributed by atoms with van der Waals surface area (Å²) < 4.78 is 5.18. The summed E-state index contributed by atoms with van der Waals surface area (Å²) in [5.74, 6) is 0.828. The third-order valence-corrected chi connectivity index (χ3v) is 3.26. The van der Waals surface area contributed by atoms with Crippen molar-refractivity contribution in [2.24, 2.45) is 0 Å². The Bertz CT molecular complexity index is 414. The lowest BCUT2D eigenvalue weighted by atomic mass is 10.2. The number of methoxy groups -OCH3 is 1. The van der Waals surface area contributed by atoms with E-state index in [1.54, 1.807) is 12.0 Å². The number of carbonyl (C=O) groups excluding carboxylic acids is 1. The molecule has 1 aliphatic rings. The summed E-state index contributed by atoms with van der Waals surface area (Å²) in [5.41, 5.74) is 1.09. The van der Waals surface area contributed by atoms with Crippen molar-refractivity contribution in [2.45, 2.75) is 19.4 Å². The van der Waals surface area contributed by atoms with E-state index in [1.807, 2.05) is 36.2 Å². The van der Waals surface area contributed by atoms with E-state index in [0.717, 1.165) is 37.2 Å². The summed E-state index contributed by atoms with van der Waals surface area (Å²) in [7, 11) is 3.50. The van der Waals surface area contributed by atoms with Gasteiger partial charge in [-0.25, -0.2) is 4.79 Å². The fourth-order valence-electron chi connectivity index (χ4n) is 2.26. The van der Waals surface area contributed by atoms with Crippen LogP contribution in [-0.4, -0.2) is 43.1 Å². The fraction of sp³-hybridized carbons (Fsp3) is 0.500. The summed E-state index contributed by atoms with van der Waals surface area (Å²) in [5, 5.41) is 0. The molecule has 0 radical (unpaired) electrons. The van der Waals surface area contributed by atoms with Crippen LogP contribution < -0.4 is 4.74 Å². The first-order valence-electron chi connectivity index (χ1n) is 6.33. The van der Waals surface area contributed by atoms with Gasteiger partial charge >= 0.3 is 6.03 Å². The van der Waals surface area contributed by atoms with Gasteiger partial charge in [-0.1, -0.05) is 12.1 Å². The van der Waals surface area contributed by atoms with Crippen molar-refractivity contribution in [2.75, 3.05) is 27.2 Å². The third kappa shape index (κ3) is 2.94. The highest BCUT2D eigenvalue weighted by Gasteiger charge is 2.21. The van der Waals surface area contributed by atoms with Gasteiger partial charge in [-0.3, -0.25) is 0 Å². The quantitative estimate of drug-likeness (QED) is 0.822. The lowest BCUT2D eigenvalue weighted by molar-refractivity contribution is 0.171. The van der Waals surface area contributed by atoms with Crippen LogP contribution in [0.25, 0.3) is 0 Å². The highest BCUT2D eigenvalue weighted by molar-refractivity contribution is 5.74. The average molecular weight is 248 g/mol. The zero-order chi connectivity index (χ0) is 13.0. The molecule has 0 bridgehead atoms. The van der Waals surface area contributed by atoms with E-state index in [4.69, 9.17) is 4.74 Å². The van der Waals surface area contributed by atoms with Crippen LogP contribution in [0.2, 0.25) is 0 Å². The maximum Gasteiger partial charge on any atom is 0.320 e. The molecule has 1 fully saturated rings. The van der Waals surface area contributed by atoms with E-state index < -0.39 is 0 Å². The van der Waals surface area contributed by atoms with Gasteiger partial charge in [0.1, 0.15) is 5.75 Å². The van der Waals surface area contributed by atoms with Gasteiger partial charge in [0, 0.05) is 26.7 Å². The van der Waals surface area contributed by atoms with E-state index in [1.165, 1.54) is 0 Å². The molecule has 0 N–H and O–H groups in total. The molecule has 4 nitrogen and oxygen atoms in total. The van der Waals surface area contributed by atoms with Crippen LogP contribution in [0, 0.1) is 0 Å². The van der Waals surface area contributed by atoms with Crippen LogP contribution in [0.1, 0.15) is 18.4 Å². The highest BCUT2D eigenvalue weighted by atomic mass is 16.5. The summed E-state index contributed by atoms with van der Waals surface area (Å²) in [6.07, 6.45) is 2.25. The number of amides is 2. The van der Waals surface area contributed by atoms with Crippen molar-refractivity contribution in [3.05, 3.63) is 29.8 Å². The monoisotopic (exact) mass is 248 g/mol. The molecule has 2 amide bonds. The van der Waals surface area contributed by atoms with Crippen molar-refractivity contribution in [1.29, 1.82) is 0 Å². The summed E-state index contributed by atoms with van der Waals surface area (Å²) in [6, 6.07) is 7.95. The Morgan fingerprint density at radius 3 is 2.78 bits per heavy atom. The van der Waals surface area contributed by atoms with E-state index in [2.05, 4.69) is 0 Å². The van der Waals surface area contributed by atoms with E-state index in [-0.39, 0.29) is 6.03 Å². The Hall–Kier alpha value is -1.71. The molecule has 2 rings (SSSR count). The van der Waals surface area contributed by atoms with Crippen LogP contribution in [0.4, 0.5) is 4.79 Å². The lowest BCUT2D eigenvalue weighted by Crippen LogP contribution is -2.38. The van der Waals surface area contributed by atoms with Gasteiger partial charge in [0.2, 0.25) is 0 Å². The van der Waals surface area contributed by atoms with E-state index >= 15 is 0 Å². The second-order valence-electron chi connectivity index (χ2n) is 4.68. The maximum absolute atomic E-state index is 12.1. The lowest BCUT2D eigenvalue weighted by Gasteiger charge is -2.24. The molecule has 1 saturated heterocycles. The molecule has 0 spiro atoms. The van der Waals surface area contributed by atoms with Crippen molar-refractivity contribution >= 4 is 6.03 Å². The highest BCUT2D eigenvalue weighted by Crippen LogP contribution is 2.15. The molecular weight excluding hydrogens is 228 g/mol. The minimum absolute atomic E-state index is 0.121. The van der Waals surface area contributed by atoms with Gasteiger partial charge in [-0.15, -0.1) is 0 Å². The molecular formula is C14H20N2O2. The average Bonchev–Trinajstić information content (AvgIpc) is 2.92. The molecule has 4 heteroatoms. The number of ether oxygens (including phenoxy) is 1. The molecule has 0 saturated carbocycles. The Morgan fingerprint density at radius 2 is 2.11 bits per heavy atom. The molecule has 1 aliphatic heterocycles. The van der Waals surface area contributed by atoms with Gasteiger partial charge in [-0.2, -0.15) is 0 Å². The first kappa shape index (κ1) is 12.7. The SMILES string of the molecule is COc1cccc(CN(C)C(=O)N2CCCC2)c1. The normalized spacial score (nSPS) is 14.7. The molecule has 0 unspecified atom stereocenters. The van der Waals surface area contributed by atoms with E-state index in [0.29, 0.717) is 6.54 Å². The number of hydrogen-bond donors (Lipinski definition) is 0. The molecule has 1 aromatic rings. The van der Waals surface area contributed by atoms with Gasteiger partial charge in [0.05, 0.1) is 7.11 Å². The predicted molar refractivity (Wildman–Crippen MR) is 70.7 cm³/mol. The van der Waals surface area contributed by atoms with Gasteiger partial charge < -0.3 is 14.5 Å². The molecule has 1 aromatic carbocycles.